The number of benzene rings is 1. The molecule has 1 aromatic heterocycles. The molecule has 1 heterocycles. The molecule has 4 nitrogen and oxygen atoms in total. The molecule has 0 aliphatic rings. The van der Waals surface area contributed by atoms with Gasteiger partial charge in [-0.2, -0.15) is 0 Å². The molecule has 0 amide bonds. The van der Waals surface area contributed by atoms with E-state index in [1.165, 1.54) is 7.11 Å². The van der Waals surface area contributed by atoms with E-state index in [0.717, 1.165) is 15.9 Å². The molecule has 2 rings (SSSR count). The van der Waals surface area contributed by atoms with E-state index < -0.39 is 0 Å². The first-order valence-electron chi connectivity index (χ1n) is 5.03. The van der Waals surface area contributed by atoms with Gasteiger partial charge in [-0.3, -0.25) is 0 Å². The molecule has 2 N–H and O–H groups in total. The molecule has 2 aromatic rings. The van der Waals surface area contributed by atoms with Gasteiger partial charge < -0.3 is 19.6 Å². The van der Waals surface area contributed by atoms with Crippen molar-refractivity contribution in [3.8, 4) is 11.5 Å². The first kappa shape index (κ1) is 11.9. The molecule has 0 fully saturated rings. The van der Waals surface area contributed by atoms with Crippen LogP contribution < -0.4 is 10.1 Å². The molecule has 90 valence electrons. The highest BCUT2D eigenvalue weighted by atomic mass is 79.9. The van der Waals surface area contributed by atoms with Gasteiger partial charge in [0.15, 0.2) is 11.5 Å². The standard InChI is InChI=1S/C12H12BrNO3/c1-16-11-3-2-8(6-10(11)15)14-7-12-9(13)4-5-17-12/h2-6,14-15H,7H2,1H3. The molecule has 5 heteroatoms. The number of phenolic OH excluding ortho intramolecular Hbond substituents is 1. The van der Waals surface area contributed by atoms with Crippen molar-refractivity contribution in [1.82, 2.24) is 0 Å². The molecule has 17 heavy (non-hydrogen) atoms. The fourth-order valence-corrected chi connectivity index (χ4v) is 1.78. The van der Waals surface area contributed by atoms with E-state index in [1.807, 2.05) is 12.1 Å². The zero-order valence-electron chi connectivity index (χ0n) is 9.24. The van der Waals surface area contributed by atoms with Crippen LogP contribution in [0.3, 0.4) is 0 Å². The number of furan rings is 1. The Morgan fingerprint density at radius 3 is 2.82 bits per heavy atom. The van der Waals surface area contributed by atoms with Crippen LogP contribution in [0.25, 0.3) is 0 Å². The summed E-state index contributed by atoms with van der Waals surface area (Å²) in [6, 6.07) is 6.97. The summed E-state index contributed by atoms with van der Waals surface area (Å²) in [5.41, 5.74) is 0.798. The van der Waals surface area contributed by atoms with Gasteiger partial charge in [0.2, 0.25) is 0 Å². The second kappa shape index (κ2) is 5.14. The predicted octanol–water partition coefficient (Wildman–Crippen LogP) is 3.37. The zero-order valence-corrected chi connectivity index (χ0v) is 10.8. The summed E-state index contributed by atoms with van der Waals surface area (Å²) >= 11 is 3.37. The Bertz CT molecular complexity index is 510. The minimum Gasteiger partial charge on any atom is -0.504 e. The maximum atomic E-state index is 9.61. The van der Waals surface area contributed by atoms with E-state index >= 15 is 0 Å². The number of halogens is 1. The van der Waals surface area contributed by atoms with Crippen molar-refractivity contribution in [2.75, 3.05) is 12.4 Å². The molecule has 0 spiro atoms. The van der Waals surface area contributed by atoms with Crippen LogP contribution in [0.15, 0.2) is 39.4 Å². The summed E-state index contributed by atoms with van der Waals surface area (Å²) in [4.78, 5) is 0. The zero-order chi connectivity index (χ0) is 12.3. The Morgan fingerprint density at radius 1 is 1.41 bits per heavy atom. The summed E-state index contributed by atoms with van der Waals surface area (Å²) in [5.74, 6) is 1.37. The van der Waals surface area contributed by atoms with Gasteiger partial charge >= 0.3 is 0 Å². The second-order valence-electron chi connectivity index (χ2n) is 3.43. The molecular weight excluding hydrogens is 286 g/mol. The van der Waals surface area contributed by atoms with E-state index in [9.17, 15) is 5.11 Å². The molecule has 1 aromatic carbocycles. The predicted molar refractivity (Wildman–Crippen MR) is 68.4 cm³/mol. The van der Waals surface area contributed by atoms with Crippen molar-refractivity contribution < 1.29 is 14.3 Å². The molecular formula is C12H12BrNO3. The molecule has 0 aliphatic heterocycles. The fourth-order valence-electron chi connectivity index (χ4n) is 1.43. The number of phenols is 1. The molecule has 0 unspecified atom stereocenters. The van der Waals surface area contributed by atoms with E-state index in [4.69, 9.17) is 9.15 Å². The number of rotatable bonds is 4. The average molecular weight is 298 g/mol. The lowest BCUT2D eigenvalue weighted by Gasteiger charge is -2.08. The number of anilines is 1. The summed E-state index contributed by atoms with van der Waals surface area (Å²) < 4.78 is 11.1. The van der Waals surface area contributed by atoms with Gasteiger partial charge in [-0.1, -0.05) is 0 Å². The van der Waals surface area contributed by atoms with E-state index in [2.05, 4.69) is 21.2 Å². The highest BCUT2D eigenvalue weighted by molar-refractivity contribution is 9.10. The van der Waals surface area contributed by atoms with Gasteiger partial charge in [0, 0.05) is 11.8 Å². The Labute approximate surface area is 107 Å². The monoisotopic (exact) mass is 297 g/mol. The third-order valence-corrected chi connectivity index (χ3v) is 3.03. The van der Waals surface area contributed by atoms with Crippen LogP contribution in [0, 0.1) is 0 Å². The minimum atomic E-state index is 0.107. The van der Waals surface area contributed by atoms with Crippen LogP contribution in [0.2, 0.25) is 0 Å². The Hall–Kier alpha value is -1.62. The van der Waals surface area contributed by atoms with Crippen LogP contribution in [0.4, 0.5) is 5.69 Å². The Balaban J connectivity index is 2.05. The molecule has 0 saturated carbocycles. The van der Waals surface area contributed by atoms with Crippen molar-refractivity contribution in [3.63, 3.8) is 0 Å². The van der Waals surface area contributed by atoms with Crippen molar-refractivity contribution in [2.45, 2.75) is 6.54 Å². The SMILES string of the molecule is COc1ccc(NCc2occc2Br)cc1O. The smallest absolute Gasteiger partial charge is 0.160 e. The largest absolute Gasteiger partial charge is 0.504 e. The van der Waals surface area contributed by atoms with Crippen molar-refractivity contribution in [1.29, 1.82) is 0 Å². The maximum absolute atomic E-state index is 9.61. The lowest BCUT2D eigenvalue weighted by Crippen LogP contribution is -1.98. The number of hydrogen-bond acceptors (Lipinski definition) is 4. The minimum absolute atomic E-state index is 0.107. The first-order chi connectivity index (χ1) is 8.20. The third-order valence-electron chi connectivity index (χ3n) is 2.32. The average Bonchev–Trinajstić information content (AvgIpc) is 2.72. The van der Waals surface area contributed by atoms with E-state index in [0.29, 0.717) is 12.3 Å². The van der Waals surface area contributed by atoms with E-state index in [-0.39, 0.29) is 5.75 Å². The second-order valence-corrected chi connectivity index (χ2v) is 4.29. The quantitative estimate of drug-likeness (QED) is 0.908. The summed E-state index contributed by atoms with van der Waals surface area (Å²) in [5, 5.41) is 12.7. The fraction of sp³-hybridized carbons (Fsp3) is 0.167. The highest BCUT2D eigenvalue weighted by Gasteiger charge is 2.05. The topological polar surface area (TPSA) is 54.6 Å². The van der Waals surface area contributed by atoms with E-state index in [1.54, 1.807) is 18.4 Å². The van der Waals surface area contributed by atoms with Crippen LogP contribution in [-0.2, 0) is 6.54 Å². The number of hydrogen-bond donors (Lipinski definition) is 2. The molecule has 0 bridgehead atoms. The molecule has 0 saturated heterocycles. The normalized spacial score (nSPS) is 10.2. The van der Waals surface area contributed by atoms with Crippen molar-refractivity contribution in [2.24, 2.45) is 0 Å². The number of aromatic hydroxyl groups is 1. The molecule has 0 radical (unpaired) electrons. The Kier molecular flexibility index (Phi) is 3.58. The Morgan fingerprint density at radius 2 is 2.24 bits per heavy atom. The summed E-state index contributed by atoms with van der Waals surface area (Å²) in [6.07, 6.45) is 1.62. The van der Waals surface area contributed by atoms with Crippen LogP contribution in [-0.4, -0.2) is 12.2 Å². The lowest BCUT2D eigenvalue weighted by atomic mass is 10.2. The van der Waals surface area contributed by atoms with Crippen LogP contribution >= 0.6 is 15.9 Å². The van der Waals surface area contributed by atoms with Crippen molar-refractivity contribution >= 4 is 21.6 Å². The van der Waals surface area contributed by atoms with Crippen LogP contribution in [0.1, 0.15) is 5.76 Å². The highest BCUT2D eigenvalue weighted by Crippen LogP contribution is 2.29. The van der Waals surface area contributed by atoms with Gasteiger partial charge in [-0.25, -0.2) is 0 Å². The molecule has 0 atom stereocenters. The first-order valence-corrected chi connectivity index (χ1v) is 5.82. The number of ether oxygens (including phenoxy) is 1. The third kappa shape index (κ3) is 2.74. The van der Waals surface area contributed by atoms with Crippen LogP contribution in [0.5, 0.6) is 11.5 Å². The van der Waals surface area contributed by atoms with Gasteiger partial charge in [0.25, 0.3) is 0 Å². The van der Waals surface area contributed by atoms with Gasteiger partial charge in [-0.15, -0.1) is 0 Å². The molecule has 0 aliphatic carbocycles. The number of methoxy groups -OCH3 is 1. The number of nitrogens with one attached hydrogen (secondary N) is 1. The van der Waals surface area contributed by atoms with Gasteiger partial charge in [0.05, 0.1) is 24.4 Å². The van der Waals surface area contributed by atoms with Gasteiger partial charge in [-0.05, 0) is 34.1 Å². The summed E-state index contributed by atoms with van der Waals surface area (Å²) in [7, 11) is 1.52. The van der Waals surface area contributed by atoms with Gasteiger partial charge in [0.1, 0.15) is 5.76 Å². The maximum Gasteiger partial charge on any atom is 0.160 e. The van der Waals surface area contributed by atoms with Crippen molar-refractivity contribution in [3.05, 3.63) is 40.8 Å². The summed E-state index contributed by atoms with van der Waals surface area (Å²) in [6.45, 7) is 0.541. The lowest BCUT2D eigenvalue weighted by molar-refractivity contribution is 0.373.